The zero-order chi connectivity index (χ0) is 19.8. The molecule has 5 heteroatoms. The van der Waals surface area contributed by atoms with Crippen LogP contribution in [-0.4, -0.2) is 40.6 Å². The molecule has 2 aliphatic rings. The number of rotatable bonds is 3. The number of likely N-dealkylation sites (tertiary alicyclic amines) is 1. The first-order valence-electron chi connectivity index (χ1n) is 9.77. The molecule has 5 nitrogen and oxygen atoms in total. The van der Waals surface area contributed by atoms with E-state index in [-0.39, 0.29) is 24.3 Å². The lowest BCUT2D eigenvalue weighted by atomic mass is 9.91. The van der Waals surface area contributed by atoms with E-state index >= 15 is 0 Å². The molecule has 1 saturated heterocycles. The van der Waals surface area contributed by atoms with Crippen LogP contribution >= 0.6 is 0 Å². The van der Waals surface area contributed by atoms with Crippen molar-refractivity contribution in [2.45, 2.75) is 26.8 Å². The van der Waals surface area contributed by atoms with E-state index in [0.29, 0.717) is 28.5 Å². The lowest BCUT2D eigenvalue weighted by Gasteiger charge is -2.35. The van der Waals surface area contributed by atoms with Crippen molar-refractivity contribution in [3.63, 3.8) is 0 Å². The minimum Gasteiger partial charge on any atom is -0.338 e. The van der Waals surface area contributed by atoms with Gasteiger partial charge in [0.15, 0.2) is 0 Å². The van der Waals surface area contributed by atoms with Crippen molar-refractivity contribution in [3.8, 4) is 0 Å². The Morgan fingerprint density at radius 3 is 1.96 bits per heavy atom. The molecule has 2 aromatic rings. The third kappa shape index (κ3) is 3.33. The van der Waals surface area contributed by atoms with Gasteiger partial charge in [0, 0.05) is 18.7 Å². The highest BCUT2D eigenvalue weighted by molar-refractivity contribution is 6.21. The molecule has 0 N–H and O–H groups in total. The molecule has 0 bridgehead atoms. The van der Waals surface area contributed by atoms with Crippen molar-refractivity contribution in [1.82, 2.24) is 9.80 Å². The van der Waals surface area contributed by atoms with E-state index in [1.54, 1.807) is 36.4 Å². The summed E-state index contributed by atoms with van der Waals surface area (Å²) in [7, 11) is 0. The molecule has 0 saturated carbocycles. The van der Waals surface area contributed by atoms with Gasteiger partial charge < -0.3 is 4.90 Å². The fraction of sp³-hybridized carbons (Fsp3) is 0.348. The maximum Gasteiger partial charge on any atom is 0.261 e. The number of nitrogens with zero attached hydrogens (tertiary/aromatic N) is 2. The second kappa shape index (κ2) is 7.23. The van der Waals surface area contributed by atoms with E-state index in [9.17, 15) is 14.4 Å². The van der Waals surface area contributed by atoms with E-state index in [0.717, 1.165) is 25.1 Å². The first-order valence-corrected chi connectivity index (χ1v) is 9.77. The van der Waals surface area contributed by atoms with Crippen LogP contribution in [0.3, 0.4) is 0 Å². The smallest absolute Gasteiger partial charge is 0.261 e. The highest BCUT2D eigenvalue weighted by Crippen LogP contribution is 2.25. The maximum atomic E-state index is 12.8. The number of hydrogen-bond donors (Lipinski definition) is 0. The number of amides is 3. The molecule has 3 amide bonds. The summed E-state index contributed by atoms with van der Waals surface area (Å²) in [5.74, 6) is 0.543. The Kier molecular flexibility index (Phi) is 4.75. The van der Waals surface area contributed by atoms with Gasteiger partial charge in [-0.3, -0.25) is 19.3 Å². The molecule has 0 aliphatic carbocycles. The molecule has 0 radical (unpaired) electrons. The average molecular weight is 376 g/mol. The van der Waals surface area contributed by atoms with Gasteiger partial charge in [-0.05, 0) is 48.1 Å². The van der Waals surface area contributed by atoms with Crippen molar-refractivity contribution in [3.05, 3.63) is 70.8 Å². The second-order valence-electron chi connectivity index (χ2n) is 8.10. The molecule has 2 aliphatic heterocycles. The Morgan fingerprint density at radius 1 is 0.893 bits per heavy atom. The second-order valence-corrected chi connectivity index (χ2v) is 8.10. The van der Waals surface area contributed by atoms with Gasteiger partial charge in [-0.25, -0.2) is 0 Å². The fourth-order valence-corrected chi connectivity index (χ4v) is 4.33. The summed E-state index contributed by atoms with van der Waals surface area (Å²) in [6.45, 7) is 6.15. The van der Waals surface area contributed by atoms with Crippen LogP contribution in [0.1, 0.15) is 56.9 Å². The normalized spacial score (nSPS) is 21.8. The Bertz CT molecular complexity index is 890. The van der Waals surface area contributed by atoms with Gasteiger partial charge in [-0.2, -0.15) is 0 Å². The lowest BCUT2D eigenvalue weighted by molar-refractivity contribution is 0.0617. The van der Waals surface area contributed by atoms with Crippen LogP contribution in [0.4, 0.5) is 0 Å². The van der Waals surface area contributed by atoms with Gasteiger partial charge in [-0.15, -0.1) is 0 Å². The Morgan fingerprint density at radius 2 is 1.43 bits per heavy atom. The quantitative estimate of drug-likeness (QED) is 0.769. The van der Waals surface area contributed by atoms with Gasteiger partial charge in [0.25, 0.3) is 17.7 Å². The Labute approximate surface area is 164 Å². The highest BCUT2D eigenvalue weighted by atomic mass is 16.2. The summed E-state index contributed by atoms with van der Waals surface area (Å²) >= 11 is 0. The van der Waals surface area contributed by atoms with Gasteiger partial charge in [-0.1, -0.05) is 38.1 Å². The largest absolute Gasteiger partial charge is 0.338 e. The molecule has 144 valence electrons. The predicted molar refractivity (Wildman–Crippen MR) is 106 cm³/mol. The molecule has 2 aromatic carbocycles. The van der Waals surface area contributed by atoms with Crippen molar-refractivity contribution in [1.29, 1.82) is 0 Å². The lowest BCUT2D eigenvalue weighted by Crippen LogP contribution is -2.42. The summed E-state index contributed by atoms with van der Waals surface area (Å²) in [4.78, 5) is 41.0. The first kappa shape index (κ1) is 18.4. The molecule has 0 spiro atoms. The SMILES string of the molecule is CC1CC(C)CN(C(=O)c2ccc(CN3C(=O)c4ccccc4C3=O)cc2)C1. The molecule has 0 aromatic heterocycles. The summed E-state index contributed by atoms with van der Waals surface area (Å²) in [5.41, 5.74) is 2.37. The standard InChI is InChI=1S/C23H24N2O3/c1-15-11-16(2)13-24(12-15)21(26)18-9-7-17(8-10-18)14-25-22(27)19-5-3-4-6-20(19)23(25)28/h3-10,15-16H,11-14H2,1-2H3. The number of fused-ring (bicyclic) bond motifs is 1. The zero-order valence-corrected chi connectivity index (χ0v) is 16.2. The van der Waals surface area contributed by atoms with Gasteiger partial charge in [0.2, 0.25) is 0 Å². The van der Waals surface area contributed by atoms with Crippen LogP contribution in [0.15, 0.2) is 48.5 Å². The van der Waals surface area contributed by atoms with E-state index < -0.39 is 0 Å². The van der Waals surface area contributed by atoms with Crippen LogP contribution in [0.5, 0.6) is 0 Å². The molecule has 1 fully saturated rings. The monoisotopic (exact) mass is 376 g/mol. The maximum absolute atomic E-state index is 12.8. The van der Waals surface area contributed by atoms with Crippen molar-refractivity contribution < 1.29 is 14.4 Å². The molecule has 4 rings (SSSR count). The molecular formula is C23H24N2O3. The highest BCUT2D eigenvalue weighted by Gasteiger charge is 2.35. The fourth-order valence-electron chi connectivity index (χ4n) is 4.33. The number of carbonyl (C=O) groups excluding carboxylic acids is 3. The van der Waals surface area contributed by atoms with E-state index in [1.807, 2.05) is 17.0 Å². The van der Waals surface area contributed by atoms with Gasteiger partial charge in [0.05, 0.1) is 17.7 Å². The summed E-state index contributed by atoms with van der Waals surface area (Å²) in [6, 6.07) is 14.1. The molecule has 2 unspecified atom stereocenters. The molecular weight excluding hydrogens is 352 g/mol. The van der Waals surface area contributed by atoms with Crippen molar-refractivity contribution >= 4 is 17.7 Å². The van der Waals surface area contributed by atoms with Crippen LogP contribution in [0, 0.1) is 11.8 Å². The van der Waals surface area contributed by atoms with Crippen molar-refractivity contribution in [2.75, 3.05) is 13.1 Å². The van der Waals surface area contributed by atoms with Crippen LogP contribution < -0.4 is 0 Å². The minimum atomic E-state index is -0.267. The van der Waals surface area contributed by atoms with Crippen LogP contribution in [0.2, 0.25) is 0 Å². The Hall–Kier alpha value is -2.95. The number of hydrogen-bond acceptors (Lipinski definition) is 3. The number of benzene rings is 2. The predicted octanol–water partition coefficient (Wildman–Crippen LogP) is 3.60. The minimum absolute atomic E-state index is 0.0469. The average Bonchev–Trinajstić information content (AvgIpc) is 2.92. The first-order chi connectivity index (χ1) is 13.4. The van der Waals surface area contributed by atoms with E-state index in [2.05, 4.69) is 13.8 Å². The summed E-state index contributed by atoms with van der Waals surface area (Å²) in [6.07, 6.45) is 1.16. The summed E-state index contributed by atoms with van der Waals surface area (Å²) < 4.78 is 0. The van der Waals surface area contributed by atoms with Gasteiger partial charge >= 0.3 is 0 Å². The van der Waals surface area contributed by atoms with E-state index in [1.165, 1.54) is 4.90 Å². The number of carbonyl (C=O) groups is 3. The molecule has 2 heterocycles. The number of piperidine rings is 1. The molecule has 28 heavy (non-hydrogen) atoms. The third-order valence-corrected chi connectivity index (χ3v) is 5.58. The van der Waals surface area contributed by atoms with E-state index in [4.69, 9.17) is 0 Å². The number of imide groups is 1. The topological polar surface area (TPSA) is 57.7 Å². The van der Waals surface area contributed by atoms with Crippen LogP contribution in [0.25, 0.3) is 0 Å². The van der Waals surface area contributed by atoms with Crippen molar-refractivity contribution in [2.24, 2.45) is 11.8 Å². The third-order valence-electron chi connectivity index (χ3n) is 5.58. The van der Waals surface area contributed by atoms with Gasteiger partial charge in [0.1, 0.15) is 0 Å². The zero-order valence-electron chi connectivity index (χ0n) is 16.2. The molecule has 2 atom stereocenters. The van der Waals surface area contributed by atoms with Crippen LogP contribution in [-0.2, 0) is 6.54 Å². The summed E-state index contributed by atoms with van der Waals surface area (Å²) in [5, 5.41) is 0. The Balaban J connectivity index is 1.46.